The molecule has 0 N–H and O–H groups in total. The van der Waals surface area contributed by atoms with E-state index in [1.54, 1.807) is 0 Å². The number of hydrogen-bond acceptors (Lipinski definition) is 4. The summed E-state index contributed by atoms with van der Waals surface area (Å²) in [5, 5.41) is 0. The van der Waals surface area contributed by atoms with E-state index in [0.717, 1.165) is 55.8 Å². The molecule has 2 heterocycles. The molecule has 0 radical (unpaired) electrons. The molecule has 5 rings (SSSR count). The van der Waals surface area contributed by atoms with Gasteiger partial charge in [-0.1, -0.05) is 18.2 Å². The molecule has 1 spiro atoms. The largest absolute Gasteiger partial charge is 0.416 e. The van der Waals surface area contributed by atoms with Crippen LogP contribution in [0, 0.1) is 13.8 Å². The molecule has 1 amide bonds. The van der Waals surface area contributed by atoms with Crippen LogP contribution in [0.2, 0.25) is 0 Å². The van der Waals surface area contributed by atoms with Crippen molar-refractivity contribution in [3.63, 3.8) is 0 Å². The molecule has 1 aliphatic carbocycles. The lowest BCUT2D eigenvalue weighted by atomic mass is 9.97. The Balaban J connectivity index is 1.39. The zero-order valence-electron chi connectivity index (χ0n) is 23.2. The van der Waals surface area contributed by atoms with Crippen molar-refractivity contribution in [1.82, 2.24) is 14.7 Å². The zero-order valence-corrected chi connectivity index (χ0v) is 23.2. The first-order valence-corrected chi connectivity index (χ1v) is 14.0. The van der Waals surface area contributed by atoms with Crippen LogP contribution in [0.5, 0.6) is 0 Å². The summed E-state index contributed by atoms with van der Waals surface area (Å²) >= 11 is 0. The molecule has 1 saturated carbocycles. The van der Waals surface area contributed by atoms with Crippen LogP contribution in [0.15, 0.2) is 36.4 Å². The van der Waals surface area contributed by atoms with Gasteiger partial charge in [0.2, 0.25) is 0 Å². The lowest BCUT2D eigenvalue weighted by Crippen LogP contribution is -2.58. The number of carbonyl (C=O) groups excluding carboxylic acids is 1. The summed E-state index contributed by atoms with van der Waals surface area (Å²) in [5.74, 6) is -0.819. The number of rotatable bonds is 6. The van der Waals surface area contributed by atoms with E-state index in [4.69, 9.17) is 4.74 Å². The first-order valence-electron chi connectivity index (χ1n) is 14.0. The Labute approximate surface area is 236 Å². The van der Waals surface area contributed by atoms with Crippen LogP contribution >= 0.6 is 0 Å². The fourth-order valence-corrected chi connectivity index (χ4v) is 5.99. The average molecular weight is 584 g/mol. The standard InChI is InChI=1S/C30H35F6N3O2/c1-20-3-4-22(13-21(20)2)14-26-18-37(7-9-38-11-12-41-19-28(38)5-6-28)8-10-39(26)27(40)23-15-24(29(31,32)33)17-25(16-23)30(34,35)36/h3-4,13,15-17,26H,5-12,14,18-19H2,1-2H3/t26-/m1/s1. The second-order valence-corrected chi connectivity index (χ2v) is 11.6. The molecule has 3 aliphatic rings. The second kappa shape index (κ2) is 11.2. The molecular formula is C30H35F6N3O2. The highest BCUT2D eigenvalue weighted by atomic mass is 19.4. The van der Waals surface area contributed by atoms with Crippen molar-refractivity contribution in [2.24, 2.45) is 0 Å². The topological polar surface area (TPSA) is 36.0 Å². The smallest absolute Gasteiger partial charge is 0.378 e. The first kappa shape index (κ1) is 29.8. The van der Waals surface area contributed by atoms with E-state index in [9.17, 15) is 31.1 Å². The van der Waals surface area contributed by atoms with Gasteiger partial charge in [0.15, 0.2) is 0 Å². The fraction of sp³-hybridized carbons (Fsp3) is 0.567. The molecule has 0 bridgehead atoms. The minimum Gasteiger partial charge on any atom is -0.378 e. The van der Waals surface area contributed by atoms with Crippen LogP contribution in [0.3, 0.4) is 0 Å². The average Bonchev–Trinajstić information content (AvgIpc) is 3.68. The number of aryl methyl sites for hydroxylation is 2. The van der Waals surface area contributed by atoms with Gasteiger partial charge in [0.1, 0.15) is 0 Å². The number of hydrogen-bond donors (Lipinski definition) is 0. The van der Waals surface area contributed by atoms with Gasteiger partial charge in [-0.15, -0.1) is 0 Å². The maximum Gasteiger partial charge on any atom is 0.416 e. The van der Waals surface area contributed by atoms with E-state index in [-0.39, 0.29) is 18.2 Å². The number of halogens is 6. The van der Waals surface area contributed by atoms with Gasteiger partial charge in [0, 0.05) is 56.4 Å². The predicted octanol–water partition coefficient (Wildman–Crippen LogP) is 5.57. The van der Waals surface area contributed by atoms with Crippen molar-refractivity contribution in [3.8, 4) is 0 Å². The lowest BCUT2D eigenvalue weighted by molar-refractivity contribution is -0.143. The monoisotopic (exact) mass is 583 g/mol. The summed E-state index contributed by atoms with van der Waals surface area (Å²) in [4.78, 5) is 19.8. The summed E-state index contributed by atoms with van der Waals surface area (Å²) < 4.78 is 86.8. The third-order valence-electron chi connectivity index (χ3n) is 8.77. The maximum atomic E-state index is 13.6. The van der Waals surface area contributed by atoms with Gasteiger partial charge in [-0.05, 0) is 68.0 Å². The third-order valence-corrected chi connectivity index (χ3v) is 8.77. The number of ether oxygens (including phenoxy) is 1. The SMILES string of the molecule is Cc1ccc(C[C@@H]2CN(CCN3CCOCC34CC4)CCN2C(=O)c2cc(C(F)(F)F)cc(C(F)(F)F)c2)cc1C. The lowest BCUT2D eigenvalue weighted by Gasteiger charge is -2.43. The van der Waals surface area contributed by atoms with Gasteiger partial charge in [-0.3, -0.25) is 14.6 Å². The number of morpholine rings is 1. The summed E-state index contributed by atoms with van der Waals surface area (Å²) in [7, 11) is 0. The molecule has 0 unspecified atom stereocenters. The Morgan fingerprint density at radius 2 is 1.59 bits per heavy atom. The van der Waals surface area contributed by atoms with Crippen molar-refractivity contribution < 1.29 is 35.9 Å². The summed E-state index contributed by atoms with van der Waals surface area (Å²) in [5.41, 5.74) is -0.302. The van der Waals surface area contributed by atoms with Crippen LogP contribution in [0.25, 0.3) is 0 Å². The molecule has 2 aromatic carbocycles. The van der Waals surface area contributed by atoms with Crippen LogP contribution in [0.4, 0.5) is 26.3 Å². The molecule has 2 aliphatic heterocycles. The predicted molar refractivity (Wildman–Crippen MR) is 142 cm³/mol. The van der Waals surface area contributed by atoms with E-state index in [0.29, 0.717) is 38.2 Å². The number of piperazine rings is 1. The summed E-state index contributed by atoms with van der Waals surface area (Å²) in [6.45, 7) is 9.03. The highest BCUT2D eigenvalue weighted by Gasteiger charge is 2.49. The van der Waals surface area contributed by atoms with Gasteiger partial charge >= 0.3 is 12.4 Å². The van der Waals surface area contributed by atoms with Crippen molar-refractivity contribution in [2.45, 2.75) is 57.0 Å². The van der Waals surface area contributed by atoms with Crippen LogP contribution in [-0.4, -0.2) is 84.7 Å². The molecule has 0 aromatic heterocycles. The Bertz CT molecular complexity index is 1240. The van der Waals surface area contributed by atoms with E-state index in [1.165, 1.54) is 4.90 Å². The fourth-order valence-electron chi connectivity index (χ4n) is 5.99. The van der Waals surface area contributed by atoms with Gasteiger partial charge < -0.3 is 9.64 Å². The summed E-state index contributed by atoms with van der Waals surface area (Å²) in [6.07, 6.45) is -7.38. The Kier molecular flexibility index (Phi) is 8.17. The molecular weight excluding hydrogens is 548 g/mol. The number of nitrogens with zero attached hydrogens (tertiary/aromatic N) is 3. The van der Waals surface area contributed by atoms with Crippen molar-refractivity contribution in [1.29, 1.82) is 0 Å². The van der Waals surface area contributed by atoms with E-state index < -0.39 is 41.0 Å². The van der Waals surface area contributed by atoms with Crippen molar-refractivity contribution in [2.75, 3.05) is 52.5 Å². The number of amides is 1. The normalized spacial score (nSPS) is 21.9. The molecule has 224 valence electrons. The first-order chi connectivity index (χ1) is 19.2. The zero-order chi connectivity index (χ0) is 29.6. The Morgan fingerprint density at radius 3 is 2.20 bits per heavy atom. The number of carbonyl (C=O) groups is 1. The van der Waals surface area contributed by atoms with Gasteiger partial charge in [-0.2, -0.15) is 26.3 Å². The van der Waals surface area contributed by atoms with Gasteiger partial charge in [-0.25, -0.2) is 0 Å². The Morgan fingerprint density at radius 1 is 0.902 bits per heavy atom. The van der Waals surface area contributed by atoms with E-state index in [1.807, 2.05) is 32.0 Å². The number of alkyl halides is 6. The minimum absolute atomic E-state index is 0.0551. The summed E-state index contributed by atoms with van der Waals surface area (Å²) in [6, 6.07) is 6.66. The van der Waals surface area contributed by atoms with Crippen molar-refractivity contribution >= 4 is 5.91 Å². The van der Waals surface area contributed by atoms with Crippen LogP contribution in [0.1, 0.15) is 51.0 Å². The molecule has 5 nitrogen and oxygen atoms in total. The molecule has 3 fully saturated rings. The highest BCUT2D eigenvalue weighted by Crippen LogP contribution is 2.43. The minimum atomic E-state index is -5.02. The molecule has 11 heteroatoms. The quantitative estimate of drug-likeness (QED) is 0.417. The van der Waals surface area contributed by atoms with Crippen LogP contribution in [-0.2, 0) is 23.5 Å². The maximum absolute atomic E-state index is 13.6. The molecule has 2 saturated heterocycles. The van der Waals surface area contributed by atoms with Crippen molar-refractivity contribution in [3.05, 3.63) is 69.8 Å². The van der Waals surface area contributed by atoms with Gasteiger partial charge in [0.05, 0.1) is 24.3 Å². The Hall–Kier alpha value is -2.63. The van der Waals surface area contributed by atoms with Gasteiger partial charge in [0.25, 0.3) is 5.91 Å². The molecule has 1 atom stereocenters. The number of benzene rings is 2. The van der Waals surface area contributed by atoms with E-state index in [2.05, 4.69) is 9.80 Å². The molecule has 2 aromatic rings. The van der Waals surface area contributed by atoms with E-state index >= 15 is 0 Å². The van der Waals surface area contributed by atoms with Crippen LogP contribution < -0.4 is 0 Å². The molecule has 41 heavy (non-hydrogen) atoms. The second-order valence-electron chi connectivity index (χ2n) is 11.6. The highest BCUT2D eigenvalue weighted by molar-refractivity contribution is 5.95. The third kappa shape index (κ3) is 6.73.